The highest BCUT2D eigenvalue weighted by molar-refractivity contribution is 7.19. The zero-order chi connectivity index (χ0) is 28.2. The number of aryl methyl sites for hydroxylation is 1. The van der Waals surface area contributed by atoms with Crippen LogP contribution in [0.2, 0.25) is 0 Å². The van der Waals surface area contributed by atoms with Gasteiger partial charge in [-0.2, -0.15) is 13.2 Å². The van der Waals surface area contributed by atoms with Gasteiger partial charge in [-0.05, 0) is 36.1 Å². The Kier molecular flexibility index (Phi) is 5.30. The lowest BCUT2D eigenvalue weighted by atomic mass is 9.97. The van der Waals surface area contributed by atoms with Gasteiger partial charge in [-0.15, -0.1) is 11.3 Å². The van der Waals surface area contributed by atoms with Crippen molar-refractivity contribution < 1.29 is 36.3 Å². The third kappa shape index (κ3) is 3.92. The SMILES string of the molecule is Cc1cc(C(F)(F)F)nc(-c2ccnc3cc(CN4C(=O)C5C(C4=O)C5(C)C)sc23)c1C(=O)N1CC(F)(F)C1. The molecule has 6 rings (SSSR count). The Morgan fingerprint density at radius 3 is 2.36 bits per heavy atom. The predicted molar refractivity (Wildman–Crippen MR) is 130 cm³/mol. The molecule has 0 N–H and O–H groups in total. The minimum absolute atomic E-state index is 0.00902. The molecule has 2 atom stereocenters. The van der Waals surface area contributed by atoms with Gasteiger partial charge in [0.05, 0.1) is 52.9 Å². The summed E-state index contributed by atoms with van der Waals surface area (Å²) in [5, 5.41) is 0. The number of amides is 3. The maximum Gasteiger partial charge on any atom is 0.433 e. The van der Waals surface area contributed by atoms with Gasteiger partial charge in [0.1, 0.15) is 5.69 Å². The van der Waals surface area contributed by atoms with Crippen LogP contribution in [0.25, 0.3) is 21.5 Å². The van der Waals surface area contributed by atoms with Crippen LogP contribution in [0.4, 0.5) is 22.0 Å². The molecule has 204 valence electrons. The molecule has 0 bridgehead atoms. The molecule has 2 saturated heterocycles. The summed E-state index contributed by atoms with van der Waals surface area (Å²) in [6, 6.07) is 3.78. The number of carbonyl (C=O) groups excluding carboxylic acids is 3. The molecule has 3 aromatic heterocycles. The second-order valence-corrected chi connectivity index (χ2v) is 12.0. The van der Waals surface area contributed by atoms with Crippen LogP contribution in [-0.2, 0) is 22.3 Å². The molecule has 3 aliphatic rings. The van der Waals surface area contributed by atoms with Gasteiger partial charge in [0.2, 0.25) is 11.8 Å². The maximum atomic E-state index is 13.7. The van der Waals surface area contributed by atoms with Crippen LogP contribution in [0.15, 0.2) is 24.4 Å². The first-order chi connectivity index (χ1) is 18.1. The minimum atomic E-state index is -4.82. The number of imide groups is 1. The molecular formula is C26H21F5N4O3S. The average molecular weight is 565 g/mol. The quantitative estimate of drug-likeness (QED) is 0.332. The van der Waals surface area contributed by atoms with Gasteiger partial charge in [-0.25, -0.2) is 13.8 Å². The summed E-state index contributed by atoms with van der Waals surface area (Å²) in [4.78, 5) is 49.5. The molecule has 0 radical (unpaired) electrons. The van der Waals surface area contributed by atoms with Crippen LogP contribution in [0.5, 0.6) is 0 Å². The number of pyridine rings is 2. The van der Waals surface area contributed by atoms with Crippen LogP contribution in [0, 0.1) is 24.2 Å². The number of fused-ring (bicyclic) bond motifs is 2. The molecule has 3 aromatic rings. The molecule has 13 heteroatoms. The van der Waals surface area contributed by atoms with Crippen LogP contribution in [0.3, 0.4) is 0 Å². The van der Waals surface area contributed by atoms with Crippen molar-refractivity contribution in [3.05, 3.63) is 46.1 Å². The Bertz CT molecular complexity index is 1570. The smallest absolute Gasteiger partial charge is 0.326 e. The van der Waals surface area contributed by atoms with E-state index in [1.54, 1.807) is 6.07 Å². The lowest BCUT2D eigenvalue weighted by Gasteiger charge is -2.39. The van der Waals surface area contributed by atoms with Gasteiger partial charge in [-0.3, -0.25) is 24.3 Å². The molecule has 0 spiro atoms. The van der Waals surface area contributed by atoms with Gasteiger partial charge in [0.15, 0.2) is 0 Å². The van der Waals surface area contributed by atoms with Crippen molar-refractivity contribution in [3.8, 4) is 11.3 Å². The normalized spacial score (nSPS) is 23.3. The van der Waals surface area contributed by atoms with Crippen molar-refractivity contribution in [1.82, 2.24) is 19.8 Å². The van der Waals surface area contributed by atoms with Gasteiger partial charge in [0, 0.05) is 16.6 Å². The zero-order valence-electron chi connectivity index (χ0n) is 20.9. The first-order valence-electron chi connectivity index (χ1n) is 12.1. The Morgan fingerprint density at radius 2 is 1.77 bits per heavy atom. The van der Waals surface area contributed by atoms with Crippen molar-refractivity contribution >= 4 is 39.3 Å². The first-order valence-corrected chi connectivity index (χ1v) is 12.9. The summed E-state index contributed by atoms with van der Waals surface area (Å²) in [5.41, 5.74) is -1.59. The van der Waals surface area contributed by atoms with Crippen LogP contribution < -0.4 is 0 Å². The number of alkyl halides is 5. The minimum Gasteiger partial charge on any atom is -0.326 e. The van der Waals surface area contributed by atoms with E-state index in [1.807, 2.05) is 13.8 Å². The van der Waals surface area contributed by atoms with Crippen molar-refractivity contribution in [2.24, 2.45) is 17.3 Å². The monoisotopic (exact) mass is 564 g/mol. The fraction of sp³-hybridized carbons (Fsp3) is 0.423. The molecule has 2 unspecified atom stereocenters. The highest BCUT2D eigenvalue weighted by atomic mass is 32.1. The fourth-order valence-corrected chi connectivity index (χ4v) is 6.78. The molecule has 5 heterocycles. The summed E-state index contributed by atoms with van der Waals surface area (Å²) in [7, 11) is 0. The average Bonchev–Trinajstić information content (AvgIpc) is 3.07. The third-order valence-electron chi connectivity index (χ3n) is 7.78. The van der Waals surface area contributed by atoms with Crippen LogP contribution in [0.1, 0.15) is 40.3 Å². The molecule has 3 fully saturated rings. The van der Waals surface area contributed by atoms with Crippen molar-refractivity contribution in [1.29, 1.82) is 0 Å². The van der Waals surface area contributed by atoms with E-state index in [1.165, 1.54) is 24.1 Å². The topological polar surface area (TPSA) is 83.5 Å². The molecular weight excluding hydrogens is 543 g/mol. The molecule has 2 aliphatic heterocycles. The Balaban J connectivity index is 1.42. The second-order valence-electron chi connectivity index (χ2n) is 10.9. The summed E-state index contributed by atoms with van der Waals surface area (Å²) in [6.45, 7) is 3.37. The van der Waals surface area contributed by atoms with Gasteiger partial charge in [-0.1, -0.05) is 13.8 Å². The van der Waals surface area contributed by atoms with Crippen LogP contribution >= 0.6 is 11.3 Å². The molecule has 39 heavy (non-hydrogen) atoms. The molecule has 1 aliphatic carbocycles. The number of thiophene rings is 1. The summed E-state index contributed by atoms with van der Waals surface area (Å²) >= 11 is 1.12. The van der Waals surface area contributed by atoms with Crippen molar-refractivity contribution in [2.45, 2.75) is 39.4 Å². The molecule has 7 nitrogen and oxygen atoms in total. The van der Waals surface area contributed by atoms with E-state index in [-0.39, 0.29) is 58.0 Å². The number of aromatic nitrogens is 2. The van der Waals surface area contributed by atoms with E-state index in [0.717, 1.165) is 22.3 Å². The van der Waals surface area contributed by atoms with Crippen molar-refractivity contribution in [2.75, 3.05) is 13.1 Å². The Labute approximate surface area is 222 Å². The number of likely N-dealkylation sites (tertiary alicyclic amines) is 2. The molecule has 0 aromatic carbocycles. The largest absolute Gasteiger partial charge is 0.433 e. The predicted octanol–water partition coefficient (Wildman–Crippen LogP) is 4.92. The summed E-state index contributed by atoms with van der Waals surface area (Å²) < 4.78 is 68.5. The summed E-state index contributed by atoms with van der Waals surface area (Å²) in [5.74, 6) is -5.12. The van der Waals surface area contributed by atoms with E-state index in [0.29, 0.717) is 15.1 Å². The Hall–Kier alpha value is -3.48. The maximum absolute atomic E-state index is 13.7. The summed E-state index contributed by atoms with van der Waals surface area (Å²) in [6.07, 6.45) is -3.47. The number of hydrogen-bond donors (Lipinski definition) is 0. The van der Waals surface area contributed by atoms with Gasteiger partial charge < -0.3 is 4.90 Å². The van der Waals surface area contributed by atoms with E-state index >= 15 is 0 Å². The fourth-order valence-electron chi connectivity index (χ4n) is 5.66. The third-order valence-corrected chi connectivity index (χ3v) is 8.92. The highest BCUT2D eigenvalue weighted by Crippen LogP contribution is 2.63. The van der Waals surface area contributed by atoms with Crippen LogP contribution in [-0.4, -0.2) is 56.5 Å². The molecule has 1 saturated carbocycles. The Morgan fingerprint density at radius 1 is 1.13 bits per heavy atom. The first kappa shape index (κ1) is 25.8. The number of carbonyl (C=O) groups is 3. The van der Waals surface area contributed by atoms with Crippen molar-refractivity contribution in [3.63, 3.8) is 0 Å². The lowest BCUT2D eigenvalue weighted by Crippen LogP contribution is -2.58. The van der Waals surface area contributed by atoms with Gasteiger partial charge >= 0.3 is 6.18 Å². The number of hydrogen-bond acceptors (Lipinski definition) is 6. The highest BCUT2D eigenvalue weighted by Gasteiger charge is 2.72. The van der Waals surface area contributed by atoms with E-state index in [4.69, 9.17) is 0 Å². The van der Waals surface area contributed by atoms with E-state index in [9.17, 15) is 36.3 Å². The lowest BCUT2D eigenvalue weighted by molar-refractivity contribution is -0.144. The number of piperidine rings is 1. The van der Waals surface area contributed by atoms with E-state index < -0.39 is 36.8 Å². The van der Waals surface area contributed by atoms with E-state index in [2.05, 4.69) is 9.97 Å². The second kappa shape index (κ2) is 8.03. The molecule has 3 amide bonds. The number of rotatable bonds is 4. The standard InChI is InChI=1S/C26H21F5N4O3S/c1-11-6-15(26(29,30)31)33-19(16(11)21(36)34-9-25(27,28)10-34)13-4-5-32-14-7-12(39-20(13)14)8-35-22(37)17-18(23(35)38)24(17,2)3/h4-7,17-18H,8-10H2,1-3H3. The zero-order valence-corrected chi connectivity index (χ0v) is 21.7. The number of nitrogens with zero attached hydrogens (tertiary/aromatic N) is 4. The van der Waals surface area contributed by atoms with Gasteiger partial charge in [0.25, 0.3) is 11.8 Å². The number of halogens is 5.